The van der Waals surface area contributed by atoms with Gasteiger partial charge in [-0.15, -0.1) is 0 Å². The van der Waals surface area contributed by atoms with Gasteiger partial charge in [-0.3, -0.25) is 4.79 Å². The smallest absolute Gasteiger partial charge is 0.260 e. The Balaban J connectivity index is 2.50. The molecule has 1 N–H and O–H groups in total. The van der Waals surface area contributed by atoms with Crippen LogP contribution in [0.15, 0.2) is 24.3 Å². The predicted molar refractivity (Wildman–Crippen MR) is 67.4 cm³/mol. The minimum atomic E-state index is -0.513. The molecular formula is C13H18FNO4. The molecule has 106 valence electrons. The Morgan fingerprint density at radius 2 is 2.11 bits per heavy atom. The van der Waals surface area contributed by atoms with E-state index in [2.05, 4.69) is 0 Å². The second kappa shape index (κ2) is 8.44. The molecule has 1 rings (SSSR count). The molecule has 0 saturated carbocycles. The summed E-state index contributed by atoms with van der Waals surface area (Å²) in [6.45, 7) is 0.505. The molecule has 0 spiro atoms. The number of hydrogen-bond acceptors (Lipinski definition) is 4. The highest BCUT2D eigenvalue weighted by molar-refractivity contribution is 5.77. The van der Waals surface area contributed by atoms with E-state index in [1.54, 1.807) is 12.1 Å². The summed E-state index contributed by atoms with van der Waals surface area (Å²) in [5, 5.41) is 8.88. The Hall–Kier alpha value is -1.66. The highest BCUT2D eigenvalue weighted by Crippen LogP contribution is 2.15. The van der Waals surface area contributed by atoms with Gasteiger partial charge in [0.05, 0.1) is 13.2 Å². The van der Waals surface area contributed by atoms with Crippen molar-refractivity contribution in [1.82, 2.24) is 4.90 Å². The first kappa shape index (κ1) is 15.4. The van der Waals surface area contributed by atoms with Gasteiger partial charge >= 0.3 is 0 Å². The number of rotatable bonds is 8. The zero-order valence-corrected chi connectivity index (χ0v) is 10.8. The Morgan fingerprint density at radius 3 is 2.74 bits per heavy atom. The number of ether oxygens (including phenoxy) is 2. The Labute approximate surface area is 111 Å². The van der Waals surface area contributed by atoms with E-state index in [1.807, 2.05) is 0 Å². The van der Waals surface area contributed by atoms with Crippen molar-refractivity contribution in [2.75, 3.05) is 40.0 Å². The molecule has 19 heavy (non-hydrogen) atoms. The maximum absolute atomic E-state index is 13.3. The minimum Gasteiger partial charge on any atom is -0.481 e. The molecule has 1 aromatic rings. The van der Waals surface area contributed by atoms with Gasteiger partial charge in [-0.2, -0.15) is 0 Å². The summed E-state index contributed by atoms with van der Waals surface area (Å²) in [4.78, 5) is 13.2. The van der Waals surface area contributed by atoms with Gasteiger partial charge in [0.25, 0.3) is 5.91 Å². The third-order valence-electron chi connectivity index (χ3n) is 2.48. The molecule has 0 fully saturated rings. The van der Waals surface area contributed by atoms with Gasteiger partial charge in [-0.25, -0.2) is 4.39 Å². The topological polar surface area (TPSA) is 59.0 Å². The number of carbonyl (C=O) groups excluding carboxylic acids is 1. The molecule has 0 heterocycles. The van der Waals surface area contributed by atoms with Gasteiger partial charge in [-0.05, 0) is 12.1 Å². The first-order chi connectivity index (χ1) is 9.19. The summed E-state index contributed by atoms with van der Waals surface area (Å²) in [5.74, 6) is -0.804. The fourth-order valence-electron chi connectivity index (χ4n) is 1.48. The van der Waals surface area contributed by atoms with Crippen LogP contribution in [-0.2, 0) is 9.53 Å². The van der Waals surface area contributed by atoms with Crippen molar-refractivity contribution in [1.29, 1.82) is 0 Å². The van der Waals surface area contributed by atoms with Gasteiger partial charge in [0.1, 0.15) is 0 Å². The zero-order chi connectivity index (χ0) is 14.1. The van der Waals surface area contributed by atoms with Gasteiger partial charge in [0, 0.05) is 20.2 Å². The van der Waals surface area contributed by atoms with E-state index in [4.69, 9.17) is 14.6 Å². The molecule has 5 nitrogen and oxygen atoms in total. The quantitative estimate of drug-likeness (QED) is 0.755. The number of benzene rings is 1. The van der Waals surface area contributed by atoms with Gasteiger partial charge in [0.2, 0.25) is 0 Å². The van der Waals surface area contributed by atoms with Crippen molar-refractivity contribution in [2.45, 2.75) is 0 Å². The fraction of sp³-hybridized carbons (Fsp3) is 0.462. The molecule has 1 amide bonds. The third-order valence-corrected chi connectivity index (χ3v) is 2.48. The number of amides is 1. The standard InChI is InChI=1S/C13H18FNO4/c1-18-9-7-15(6-8-16)13(17)10-19-12-5-3-2-4-11(12)14/h2-5,16H,6-10H2,1H3. The number of carbonyl (C=O) groups is 1. The highest BCUT2D eigenvalue weighted by Gasteiger charge is 2.14. The molecule has 0 aromatic heterocycles. The van der Waals surface area contributed by atoms with E-state index in [-0.39, 0.29) is 31.4 Å². The number of methoxy groups -OCH3 is 1. The highest BCUT2D eigenvalue weighted by atomic mass is 19.1. The van der Waals surface area contributed by atoms with Gasteiger partial charge < -0.3 is 19.5 Å². The van der Waals surface area contributed by atoms with Crippen LogP contribution >= 0.6 is 0 Å². The first-order valence-electron chi connectivity index (χ1n) is 5.94. The van der Waals surface area contributed by atoms with Gasteiger partial charge in [0.15, 0.2) is 18.2 Å². The zero-order valence-electron chi connectivity index (χ0n) is 10.8. The fourth-order valence-corrected chi connectivity index (χ4v) is 1.48. The average Bonchev–Trinajstić information content (AvgIpc) is 2.42. The summed E-state index contributed by atoms with van der Waals surface area (Å²) in [6.07, 6.45) is 0. The Kier molecular flexibility index (Phi) is 6.84. The lowest BCUT2D eigenvalue weighted by Crippen LogP contribution is -2.39. The minimum absolute atomic E-state index is 0.0338. The van der Waals surface area contributed by atoms with Gasteiger partial charge in [-0.1, -0.05) is 12.1 Å². The summed E-state index contributed by atoms with van der Waals surface area (Å²) in [6, 6.07) is 5.88. The molecule has 0 atom stereocenters. The van der Waals surface area contributed by atoms with E-state index < -0.39 is 5.82 Å². The number of aliphatic hydroxyl groups is 1. The maximum atomic E-state index is 13.3. The molecule has 0 bridgehead atoms. The van der Waals surface area contributed by atoms with Crippen LogP contribution in [0.3, 0.4) is 0 Å². The summed E-state index contributed by atoms with van der Waals surface area (Å²) in [7, 11) is 1.53. The first-order valence-corrected chi connectivity index (χ1v) is 5.94. The lowest BCUT2D eigenvalue weighted by atomic mass is 10.3. The van der Waals surface area contributed by atoms with E-state index in [9.17, 15) is 9.18 Å². The summed E-state index contributed by atoms with van der Waals surface area (Å²) < 4.78 is 23.3. The molecule has 0 aliphatic rings. The van der Waals surface area contributed by atoms with Crippen molar-refractivity contribution in [3.05, 3.63) is 30.1 Å². The van der Waals surface area contributed by atoms with Crippen molar-refractivity contribution in [3.8, 4) is 5.75 Å². The summed E-state index contributed by atoms with van der Waals surface area (Å²) in [5.41, 5.74) is 0. The molecule has 0 saturated heterocycles. The van der Waals surface area contributed by atoms with Crippen LogP contribution in [0, 0.1) is 5.82 Å². The van der Waals surface area contributed by atoms with E-state index >= 15 is 0 Å². The molecule has 0 aliphatic heterocycles. The lowest BCUT2D eigenvalue weighted by molar-refractivity contribution is -0.134. The Bertz CT molecular complexity index is 400. The van der Waals surface area contributed by atoms with Crippen LogP contribution in [0.1, 0.15) is 0 Å². The largest absolute Gasteiger partial charge is 0.481 e. The number of aliphatic hydroxyl groups excluding tert-OH is 1. The lowest BCUT2D eigenvalue weighted by Gasteiger charge is -2.21. The van der Waals surface area contributed by atoms with Crippen molar-refractivity contribution < 1.29 is 23.8 Å². The SMILES string of the molecule is COCCN(CCO)C(=O)COc1ccccc1F. The molecule has 0 unspecified atom stereocenters. The van der Waals surface area contributed by atoms with Crippen LogP contribution in [0.2, 0.25) is 0 Å². The molecule has 0 radical (unpaired) electrons. The second-order valence-corrected chi connectivity index (χ2v) is 3.82. The van der Waals surface area contributed by atoms with Crippen LogP contribution in [0.4, 0.5) is 4.39 Å². The number of para-hydroxylation sites is 1. The van der Waals surface area contributed by atoms with Crippen LogP contribution in [0.25, 0.3) is 0 Å². The number of halogens is 1. The molecular weight excluding hydrogens is 253 g/mol. The molecule has 1 aromatic carbocycles. The monoisotopic (exact) mass is 271 g/mol. The van der Waals surface area contributed by atoms with Crippen molar-refractivity contribution >= 4 is 5.91 Å². The van der Waals surface area contributed by atoms with E-state index in [1.165, 1.54) is 24.1 Å². The normalized spacial score (nSPS) is 10.3. The Morgan fingerprint density at radius 1 is 1.37 bits per heavy atom. The average molecular weight is 271 g/mol. The van der Waals surface area contributed by atoms with E-state index in [0.29, 0.717) is 13.2 Å². The molecule has 6 heteroatoms. The maximum Gasteiger partial charge on any atom is 0.260 e. The number of nitrogens with zero attached hydrogens (tertiary/aromatic N) is 1. The van der Waals surface area contributed by atoms with Crippen LogP contribution < -0.4 is 4.74 Å². The van der Waals surface area contributed by atoms with Crippen molar-refractivity contribution in [2.24, 2.45) is 0 Å². The van der Waals surface area contributed by atoms with Crippen LogP contribution in [0.5, 0.6) is 5.75 Å². The predicted octanol–water partition coefficient (Wildman–Crippen LogP) is 0.672. The van der Waals surface area contributed by atoms with Crippen LogP contribution in [-0.4, -0.2) is 55.9 Å². The third kappa shape index (κ3) is 5.23. The summed E-state index contributed by atoms with van der Waals surface area (Å²) >= 11 is 0. The van der Waals surface area contributed by atoms with E-state index in [0.717, 1.165) is 0 Å². The number of hydrogen-bond donors (Lipinski definition) is 1. The second-order valence-electron chi connectivity index (χ2n) is 3.82. The van der Waals surface area contributed by atoms with Crippen molar-refractivity contribution in [3.63, 3.8) is 0 Å². The molecule has 0 aliphatic carbocycles.